The maximum absolute atomic E-state index is 12.6. The van der Waals surface area contributed by atoms with Crippen molar-refractivity contribution in [1.29, 1.82) is 0 Å². The van der Waals surface area contributed by atoms with E-state index < -0.39 is 11.7 Å². The molecular weight excluding hydrogens is 355 g/mol. The van der Waals surface area contributed by atoms with Crippen molar-refractivity contribution >= 4 is 12.2 Å². The molecule has 0 aliphatic rings. The number of alkyl halides is 3. The van der Waals surface area contributed by atoms with E-state index in [9.17, 15) is 13.2 Å². The van der Waals surface area contributed by atoms with Gasteiger partial charge in [0.15, 0.2) is 11.5 Å². The molecule has 0 radical (unpaired) electrons. The quantitative estimate of drug-likeness (QED) is 0.545. The molecule has 1 aromatic heterocycles. The molecule has 0 saturated carbocycles. The van der Waals surface area contributed by atoms with Crippen LogP contribution in [0.3, 0.4) is 0 Å². The second-order valence-electron chi connectivity index (χ2n) is 5.64. The molecule has 1 heterocycles. The van der Waals surface area contributed by atoms with Crippen molar-refractivity contribution in [3.8, 4) is 17.4 Å². The molecule has 0 atom stereocenters. The number of rotatable bonds is 5. The Labute approximate surface area is 154 Å². The summed E-state index contributed by atoms with van der Waals surface area (Å²) in [5.41, 5.74) is 0.791. The van der Waals surface area contributed by atoms with Crippen LogP contribution >= 0.6 is 0 Å². The predicted molar refractivity (Wildman–Crippen MR) is 97.7 cm³/mol. The molecule has 2 aromatic carbocycles. The molecule has 3 aromatic rings. The van der Waals surface area contributed by atoms with Gasteiger partial charge in [-0.15, -0.1) is 0 Å². The lowest BCUT2D eigenvalue weighted by atomic mass is 10.1. The van der Waals surface area contributed by atoms with Crippen molar-refractivity contribution in [3.05, 3.63) is 83.6 Å². The molecule has 138 valence electrons. The molecule has 0 aliphatic carbocycles. The van der Waals surface area contributed by atoms with Gasteiger partial charge in [-0.3, -0.25) is 0 Å². The Bertz CT molecular complexity index is 917. The van der Waals surface area contributed by atoms with Crippen molar-refractivity contribution in [2.45, 2.75) is 6.18 Å². The van der Waals surface area contributed by atoms with E-state index >= 15 is 0 Å². The summed E-state index contributed by atoms with van der Waals surface area (Å²) in [6, 6.07) is 15.7. The highest BCUT2D eigenvalue weighted by molar-refractivity contribution is 5.69. The number of para-hydroxylation sites is 2. The van der Waals surface area contributed by atoms with Crippen molar-refractivity contribution in [2.75, 3.05) is 7.11 Å². The standard InChI is InChI=1S/C21H16F3NO2/c1-26-18-4-2-3-5-19(18)27-20-13-10-16(14-25-20)7-6-15-8-11-17(12-9-15)21(22,23)24/h2-14H,1H3. The number of nitrogens with zero attached hydrogens (tertiary/aromatic N) is 1. The number of hydrogen-bond acceptors (Lipinski definition) is 3. The SMILES string of the molecule is COc1ccccc1Oc1ccc(C=Cc2ccc(C(F)(F)F)cc2)cn1. The summed E-state index contributed by atoms with van der Waals surface area (Å²) < 4.78 is 48.6. The van der Waals surface area contributed by atoms with Gasteiger partial charge in [0.05, 0.1) is 12.7 Å². The van der Waals surface area contributed by atoms with E-state index in [4.69, 9.17) is 9.47 Å². The first kappa shape index (κ1) is 18.5. The van der Waals surface area contributed by atoms with Crippen molar-refractivity contribution in [3.63, 3.8) is 0 Å². The Morgan fingerprint density at radius 3 is 2.04 bits per heavy atom. The molecule has 0 aliphatic heterocycles. The molecule has 0 spiro atoms. The third-order valence-corrected chi connectivity index (χ3v) is 3.75. The van der Waals surface area contributed by atoms with E-state index in [1.54, 1.807) is 49.7 Å². The Hall–Kier alpha value is -3.28. The number of pyridine rings is 1. The van der Waals surface area contributed by atoms with Crippen LogP contribution < -0.4 is 9.47 Å². The van der Waals surface area contributed by atoms with Crippen molar-refractivity contribution in [1.82, 2.24) is 4.98 Å². The number of halogens is 3. The first-order valence-corrected chi connectivity index (χ1v) is 8.08. The lowest BCUT2D eigenvalue weighted by Gasteiger charge is -2.09. The minimum atomic E-state index is -4.33. The third-order valence-electron chi connectivity index (χ3n) is 3.75. The highest BCUT2D eigenvalue weighted by atomic mass is 19.4. The van der Waals surface area contributed by atoms with Gasteiger partial charge in [-0.05, 0) is 41.5 Å². The Kier molecular flexibility index (Phi) is 5.45. The average molecular weight is 371 g/mol. The number of benzene rings is 2. The third kappa shape index (κ3) is 4.88. The summed E-state index contributed by atoms with van der Waals surface area (Å²) in [5.74, 6) is 1.57. The van der Waals surface area contributed by atoms with Gasteiger partial charge in [-0.25, -0.2) is 4.98 Å². The summed E-state index contributed by atoms with van der Waals surface area (Å²) in [6.07, 6.45) is 0.773. The van der Waals surface area contributed by atoms with Crippen LogP contribution in [-0.4, -0.2) is 12.1 Å². The summed E-state index contributed by atoms with van der Waals surface area (Å²) in [5, 5.41) is 0. The van der Waals surface area contributed by atoms with Crippen LogP contribution in [0, 0.1) is 0 Å². The molecular formula is C21H16F3NO2. The Morgan fingerprint density at radius 2 is 1.44 bits per heavy atom. The van der Waals surface area contributed by atoms with E-state index in [2.05, 4.69) is 4.98 Å². The Morgan fingerprint density at radius 1 is 0.815 bits per heavy atom. The van der Waals surface area contributed by atoms with Gasteiger partial charge in [0.25, 0.3) is 0 Å². The van der Waals surface area contributed by atoms with Gasteiger partial charge in [0.2, 0.25) is 5.88 Å². The summed E-state index contributed by atoms with van der Waals surface area (Å²) in [4.78, 5) is 4.23. The summed E-state index contributed by atoms with van der Waals surface area (Å²) >= 11 is 0. The van der Waals surface area contributed by atoms with Crippen LogP contribution in [0.1, 0.15) is 16.7 Å². The van der Waals surface area contributed by atoms with Gasteiger partial charge in [0.1, 0.15) is 0 Å². The first-order valence-electron chi connectivity index (χ1n) is 8.08. The fourth-order valence-corrected chi connectivity index (χ4v) is 2.34. The zero-order chi connectivity index (χ0) is 19.3. The number of hydrogen-bond donors (Lipinski definition) is 0. The summed E-state index contributed by atoms with van der Waals surface area (Å²) in [7, 11) is 1.56. The van der Waals surface area contributed by atoms with E-state index in [0.29, 0.717) is 22.9 Å². The fraction of sp³-hybridized carbons (Fsp3) is 0.0952. The average Bonchev–Trinajstić information content (AvgIpc) is 2.67. The molecule has 3 nitrogen and oxygen atoms in total. The molecule has 27 heavy (non-hydrogen) atoms. The predicted octanol–water partition coefficient (Wildman–Crippen LogP) is 6.07. The zero-order valence-electron chi connectivity index (χ0n) is 14.4. The number of methoxy groups -OCH3 is 1. The Balaban J connectivity index is 1.68. The van der Waals surface area contributed by atoms with Gasteiger partial charge >= 0.3 is 6.18 Å². The lowest BCUT2D eigenvalue weighted by molar-refractivity contribution is -0.137. The molecule has 0 bridgehead atoms. The van der Waals surface area contributed by atoms with Crippen LogP contribution in [0.25, 0.3) is 12.2 Å². The van der Waals surface area contributed by atoms with Crippen LogP contribution in [0.4, 0.5) is 13.2 Å². The van der Waals surface area contributed by atoms with Crippen LogP contribution in [-0.2, 0) is 6.18 Å². The van der Waals surface area contributed by atoms with E-state index in [1.165, 1.54) is 12.1 Å². The topological polar surface area (TPSA) is 31.4 Å². The number of aromatic nitrogens is 1. The second kappa shape index (κ2) is 7.95. The van der Waals surface area contributed by atoms with Gasteiger partial charge in [-0.1, -0.05) is 36.4 Å². The van der Waals surface area contributed by atoms with E-state index in [1.807, 2.05) is 12.1 Å². The molecule has 6 heteroatoms. The molecule has 3 rings (SSSR count). The lowest BCUT2D eigenvalue weighted by Crippen LogP contribution is -2.03. The normalized spacial score (nSPS) is 11.6. The molecule has 0 fully saturated rings. The van der Waals surface area contributed by atoms with Gasteiger partial charge < -0.3 is 9.47 Å². The molecule has 0 saturated heterocycles. The largest absolute Gasteiger partial charge is 0.493 e. The minimum Gasteiger partial charge on any atom is -0.493 e. The maximum Gasteiger partial charge on any atom is 0.416 e. The van der Waals surface area contributed by atoms with E-state index in [-0.39, 0.29) is 0 Å². The highest BCUT2D eigenvalue weighted by Gasteiger charge is 2.29. The minimum absolute atomic E-state index is 0.409. The monoisotopic (exact) mass is 371 g/mol. The first-order chi connectivity index (χ1) is 13.0. The highest BCUT2D eigenvalue weighted by Crippen LogP contribution is 2.30. The fourth-order valence-electron chi connectivity index (χ4n) is 2.34. The van der Waals surface area contributed by atoms with Crippen LogP contribution in [0.2, 0.25) is 0 Å². The van der Waals surface area contributed by atoms with Crippen molar-refractivity contribution in [2.24, 2.45) is 0 Å². The second-order valence-corrected chi connectivity index (χ2v) is 5.64. The van der Waals surface area contributed by atoms with E-state index in [0.717, 1.165) is 17.7 Å². The molecule has 0 unspecified atom stereocenters. The smallest absolute Gasteiger partial charge is 0.416 e. The zero-order valence-corrected chi connectivity index (χ0v) is 14.4. The molecule has 0 amide bonds. The maximum atomic E-state index is 12.6. The number of ether oxygens (including phenoxy) is 2. The van der Waals surface area contributed by atoms with Crippen LogP contribution in [0.15, 0.2) is 66.9 Å². The van der Waals surface area contributed by atoms with Gasteiger partial charge in [-0.2, -0.15) is 13.2 Å². The molecule has 0 N–H and O–H groups in total. The van der Waals surface area contributed by atoms with Crippen LogP contribution in [0.5, 0.6) is 17.4 Å². The van der Waals surface area contributed by atoms with Crippen molar-refractivity contribution < 1.29 is 22.6 Å². The van der Waals surface area contributed by atoms with Gasteiger partial charge in [0, 0.05) is 12.3 Å². The summed E-state index contributed by atoms with van der Waals surface area (Å²) in [6.45, 7) is 0.